The summed E-state index contributed by atoms with van der Waals surface area (Å²) in [5.74, 6) is -0.129. The standard InChI is InChI=1S/C14H28N2O3/c1-7-15-14(5,6)13(18)16(9-11(3)4)10-12(17)19-8-2/h11,15H,7-10H2,1-6H3. The molecule has 0 saturated carbocycles. The van der Waals surface area contributed by atoms with Gasteiger partial charge in [0.15, 0.2) is 0 Å². The van der Waals surface area contributed by atoms with Crippen LogP contribution in [0.1, 0.15) is 41.5 Å². The molecule has 0 aromatic carbocycles. The molecule has 0 fully saturated rings. The summed E-state index contributed by atoms with van der Waals surface area (Å²) in [6, 6.07) is 0. The summed E-state index contributed by atoms with van der Waals surface area (Å²) in [5, 5.41) is 3.14. The maximum atomic E-state index is 12.5. The predicted octanol–water partition coefficient (Wildman–Crippen LogP) is 1.42. The molecule has 0 unspecified atom stereocenters. The molecule has 0 radical (unpaired) electrons. The van der Waals surface area contributed by atoms with E-state index in [2.05, 4.69) is 5.32 Å². The quantitative estimate of drug-likeness (QED) is 0.679. The van der Waals surface area contributed by atoms with Gasteiger partial charge in [-0.25, -0.2) is 0 Å². The molecule has 19 heavy (non-hydrogen) atoms. The minimum Gasteiger partial charge on any atom is -0.465 e. The van der Waals surface area contributed by atoms with E-state index in [0.29, 0.717) is 25.6 Å². The van der Waals surface area contributed by atoms with Gasteiger partial charge in [0.1, 0.15) is 6.54 Å². The number of hydrogen-bond acceptors (Lipinski definition) is 4. The molecular formula is C14H28N2O3. The third-order valence-electron chi connectivity index (χ3n) is 2.65. The van der Waals surface area contributed by atoms with Gasteiger partial charge < -0.3 is 15.0 Å². The number of ether oxygens (including phenoxy) is 1. The molecule has 5 nitrogen and oxygen atoms in total. The number of carbonyl (C=O) groups is 2. The van der Waals surface area contributed by atoms with Crippen molar-refractivity contribution >= 4 is 11.9 Å². The first-order valence-electron chi connectivity index (χ1n) is 6.94. The van der Waals surface area contributed by atoms with Crippen LogP contribution >= 0.6 is 0 Å². The van der Waals surface area contributed by atoms with Crippen LogP contribution in [-0.2, 0) is 14.3 Å². The molecule has 1 amide bonds. The monoisotopic (exact) mass is 272 g/mol. The van der Waals surface area contributed by atoms with Crippen molar-refractivity contribution in [2.45, 2.75) is 47.1 Å². The Labute approximate surface area is 116 Å². The molecule has 0 aliphatic rings. The maximum Gasteiger partial charge on any atom is 0.325 e. The van der Waals surface area contributed by atoms with Crippen molar-refractivity contribution in [3.8, 4) is 0 Å². The van der Waals surface area contributed by atoms with Gasteiger partial charge in [-0.1, -0.05) is 20.8 Å². The Kier molecular flexibility index (Phi) is 7.68. The normalized spacial score (nSPS) is 11.5. The van der Waals surface area contributed by atoms with Crippen LogP contribution in [0.5, 0.6) is 0 Å². The number of esters is 1. The molecule has 0 aliphatic carbocycles. The van der Waals surface area contributed by atoms with Gasteiger partial charge in [-0.05, 0) is 33.2 Å². The van der Waals surface area contributed by atoms with Crippen LogP contribution in [0.25, 0.3) is 0 Å². The first-order chi connectivity index (χ1) is 8.74. The van der Waals surface area contributed by atoms with E-state index in [-0.39, 0.29) is 18.4 Å². The van der Waals surface area contributed by atoms with Gasteiger partial charge in [-0.15, -0.1) is 0 Å². The average Bonchev–Trinajstić information content (AvgIpc) is 2.26. The summed E-state index contributed by atoms with van der Waals surface area (Å²) in [6.45, 7) is 13.0. The van der Waals surface area contributed by atoms with Crippen LogP contribution in [0.15, 0.2) is 0 Å². The first-order valence-corrected chi connectivity index (χ1v) is 6.94. The van der Waals surface area contributed by atoms with Crippen molar-refractivity contribution in [3.05, 3.63) is 0 Å². The lowest BCUT2D eigenvalue weighted by Gasteiger charge is -2.32. The van der Waals surface area contributed by atoms with E-state index in [4.69, 9.17) is 4.74 Å². The fraction of sp³-hybridized carbons (Fsp3) is 0.857. The van der Waals surface area contributed by atoms with E-state index < -0.39 is 5.54 Å². The number of nitrogens with zero attached hydrogens (tertiary/aromatic N) is 1. The number of amides is 1. The van der Waals surface area contributed by atoms with Gasteiger partial charge in [0, 0.05) is 6.54 Å². The Balaban J connectivity index is 4.83. The lowest BCUT2D eigenvalue weighted by Crippen LogP contribution is -2.55. The van der Waals surface area contributed by atoms with Gasteiger partial charge in [0.2, 0.25) is 5.91 Å². The second-order valence-corrected chi connectivity index (χ2v) is 5.54. The van der Waals surface area contributed by atoms with E-state index in [9.17, 15) is 9.59 Å². The van der Waals surface area contributed by atoms with Gasteiger partial charge in [0.05, 0.1) is 12.1 Å². The molecule has 1 N–H and O–H groups in total. The van der Waals surface area contributed by atoms with Crippen LogP contribution in [0.2, 0.25) is 0 Å². The van der Waals surface area contributed by atoms with Crippen LogP contribution in [0.4, 0.5) is 0 Å². The zero-order valence-electron chi connectivity index (χ0n) is 13.1. The molecule has 0 aliphatic heterocycles. The fourth-order valence-corrected chi connectivity index (χ4v) is 1.94. The zero-order chi connectivity index (χ0) is 15.1. The molecule has 0 saturated heterocycles. The topological polar surface area (TPSA) is 58.6 Å². The van der Waals surface area contributed by atoms with E-state index in [1.54, 1.807) is 11.8 Å². The molecule has 0 bridgehead atoms. The average molecular weight is 272 g/mol. The van der Waals surface area contributed by atoms with Gasteiger partial charge in [-0.2, -0.15) is 0 Å². The molecule has 0 rings (SSSR count). The maximum absolute atomic E-state index is 12.5. The number of likely N-dealkylation sites (N-methyl/N-ethyl adjacent to an activating group) is 1. The number of hydrogen-bond donors (Lipinski definition) is 1. The van der Waals surface area contributed by atoms with Crippen LogP contribution in [-0.4, -0.2) is 48.6 Å². The highest BCUT2D eigenvalue weighted by molar-refractivity contribution is 5.88. The molecule has 0 heterocycles. The number of nitrogens with one attached hydrogen (secondary N) is 1. The lowest BCUT2D eigenvalue weighted by molar-refractivity contribution is -0.151. The van der Waals surface area contributed by atoms with Crippen molar-refractivity contribution in [1.29, 1.82) is 0 Å². The highest BCUT2D eigenvalue weighted by Gasteiger charge is 2.32. The Hall–Kier alpha value is -1.10. The summed E-state index contributed by atoms with van der Waals surface area (Å²) in [7, 11) is 0. The van der Waals surface area contributed by atoms with E-state index in [1.165, 1.54) is 0 Å². The van der Waals surface area contributed by atoms with E-state index in [1.807, 2.05) is 34.6 Å². The molecular weight excluding hydrogens is 244 g/mol. The molecule has 112 valence electrons. The fourth-order valence-electron chi connectivity index (χ4n) is 1.94. The summed E-state index contributed by atoms with van der Waals surface area (Å²) in [5.41, 5.74) is -0.671. The van der Waals surface area contributed by atoms with Crippen LogP contribution in [0, 0.1) is 5.92 Å². The Morgan fingerprint density at radius 2 is 1.84 bits per heavy atom. The number of carbonyl (C=O) groups excluding carboxylic acids is 2. The molecule has 5 heteroatoms. The summed E-state index contributed by atoms with van der Waals surface area (Å²) >= 11 is 0. The highest BCUT2D eigenvalue weighted by Crippen LogP contribution is 2.10. The summed E-state index contributed by atoms with van der Waals surface area (Å²) < 4.78 is 4.92. The van der Waals surface area contributed by atoms with Gasteiger partial charge in [-0.3, -0.25) is 9.59 Å². The van der Waals surface area contributed by atoms with Crippen LogP contribution < -0.4 is 5.32 Å². The van der Waals surface area contributed by atoms with Crippen molar-refractivity contribution < 1.29 is 14.3 Å². The molecule has 0 atom stereocenters. The predicted molar refractivity (Wildman–Crippen MR) is 75.8 cm³/mol. The largest absolute Gasteiger partial charge is 0.465 e. The third-order valence-corrected chi connectivity index (χ3v) is 2.65. The lowest BCUT2D eigenvalue weighted by atomic mass is 10.0. The van der Waals surface area contributed by atoms with Crippen molar-refractivity contribution in [3.63, 3.8) is 0 Å². The van der Waals surface area contributed by atoms with Gasteiger partial charge >= 0.3 is 5.97 Å². The van der Waals surface area contributed by atoms with Crippen molar-refractivity contribution in [1.82, 2.24) is 10.2 Å². The number of rotatable bonds is 8. The smallest absolute Gasteiger partial charge is 0.325 e. The van der Waals surface area contributed by atoms with E-state index >= 15 is 0 Å². The van der Waals surface area contributed by atoms with Crippen molar-refractivity contribution in [2.75, 3.05) is 26.2 Å². The van der Waals surface area contributed by atoms with Crippen molar-refractivity contribution in [2.24, 2.45) is 5.92 Å². The molecule has 0 aromatic rings. The Bertz CT molecular complexity index is 301. The minimum absolute atomic E-state index is 0.0136. The Morgan fingerprint density at radius 3 is 2.26 bits per heavy atom. The van der Waals surface area contributed by atoms with Gasteiger partial charge in [0.25, 0.3) is 0 Å². The van der Waals surface area contributed by atoms with Crippen LogP contribution in [0.3, 0.4) is 0 Å². The third kappa shape index (κ3) is 6.57. The molecule has 0 aromatic heterocycles. The zero-order valence-corrected chi connectivity index (χ0v) is 13.1. The highest BCUT2D eigenvalue weighted by atomic mass is 16.5. The SMILES string of the molecule is CCNC(C)(C)C(=O)N(CC(=O)OCC)CC(C)C. The first kappa shape index (κ1) is 17.9. The van der Waals surface area contributed by atoms with E-state index in [0.717, 1.165) is 0 Å². The second kappa shape index (κ2) is 8.15. The molecule has 0 spiro atoms. The second-order valence-electron chi connectivity index (χ2n) is 5.54. The Morgan fingerprint density at radius 1 is 1.26 bits per heavy atom. The minimum atomic E-state index is -0.671. The summed E-state index contributed by atoms with van der Waals surface area (Å²) in [6.07, 6.45) is 0. The summed E-state index contributed by atoms with van der Waals surface area (Å²) in [4.78, 5) is 25.6.